The molecule has 5 nitrogen and oxygen atoms in total. The number of halogens is 3. The van der Waals surface area contributed by atoms with E-state index in [1.807, 2.05) is 20.8 Å². The van der Waals surface area contributed by atoms with Gasteiger partial charge < -0.3 is 4.18 Å². The highest BCUT2D eigenvalue weighted by Gasteiger charge is 2.32. The SMILES string of the molecule is CC(C)(C)c1cc(OS(=O)(=O)c2cccc(C(F)(F)F)c2)n(-c2ccccc2)n1. The first-order valence-corrected chi connectivity index (χ1v) is 10.1. The van der Waals surface area contributed by atoms with Crippen molar-refractivity contribution in [1.82, 2.24) is 9.78 Å². The van der Waals surface area contributed by atoms with E-state index in [2.05, 4.69) is 5.10 Å². The molecule has 1 heterocycles. The van der Waals surface area contributed by atoms with Crippen molar-refractivity contribution in [3.05, 3.63) is 71.9 Å². The lowest BCUT2D eigenvalue weighted by atomic mass is 9.93. The molecule has 0 aliphatic rings. The molecule has 0 saturated heterocycles. The van der Waals surface area contributed by atoms with Crippen LogP contribution in [0.15, 0.2) is 65.6 Å². The van der Waals surface area contributed by atoms with Gasteiger partial charge in [0.15, 0.2) is 0 Å². The Morgan fingerprint density at radius 1 is 0.931 bits per heavy atom. The molecule has 29 heavy (non-hydrogen) atoms. The Balaban J connectivity index is 2.06. The first kappa shape index (κ1) is 20.9. The zero-order chi connectivity index (χ0) is 21.4. The highest BCUT2D eigenvalue weighted by molar-refractivity contribution is 7.87. The number of rotatable bonds is 4. The van der Waals surface area contributed by atoms with E-state index in [4.69, 9.17) is 4.18 Å². The number of aromatic nitrogens is 2. The maximum Gasteiger partial charge on any atom is 0.416 e. The number of benzene rings is 2. The van der Waals surface area contributed by atoms with Crippen LogP contribution in [-0.4, -0.2) is 18.2 Å². The Morgan fingerprint density at radius 2 is 1.59 bits per heavy atom. The lowest BCUT2D eigenvalue weighted by molar-refractivity contribution is -0.137. The van der Waals surface area contributed by atoms with Crippen molar-refractivity contribution < 1.29 is 25.8 Å². The fraction of sp³-hybridized carbons (Fsp3) is 0.250. The van der Waals surface area contributed by atoms with E-state index in [9.17, 15) is 21.6 Å². The summed E-state index contributed by atoms with van der Waals surface area (Å²) in [6.07, 6.45) is -4.67. The molecule has 0 fully saturated rings. The molecule has 0 saturated carbocycles. The zero-order valence-electron chi connectivity index (χ0n) is 15.9. The topological polar surface area (TPSA) is 61.2 Å². The monoisotopic (exact) mass is 424 g/mol. The van der Waals surface area contributed by atoms with Gasteiger partial charge in [-0.25, -0.2) is 0 Å². The predicted molar refractivity (Wildman–Crippen MR) is 102 cm³/mol. The smallest absolute Gasteiger partial charge is 0.358 e. The summed E-state index contributed by atoms with van der Waals surface area (Å²) in [4.78, 5) is -0.592. The summed E-state index contributed by atoms with van der Waals surface area (Å²) < 4.78 is 70.8. The van der Waals surface area contributed by atoms with E-state index >= 15 is 0 Å². The Morgan fingerprint density at radius 3 is 2.17 bits per heavy atom. The number of hydrogen-bond donors (Lipinski definition) is 0. The molecule has 0 N–H and O–H groups in total. The molecule has 0 atom stereocenters. The molecule has 3 rings (SSSR count). The lowest BCUT2D eigenvalue weighted by Gasteiger charge is -2.13. The molecule has 0 spiro atoms. The van der Waals surface area contributed by atoms with Crippen LogP contribution in [0.5, 0.6) is 5.88 Å². The summed E-state index contributed by atoms with van der Waals surface area (Å²) in [5, 5.41) is 4.43. The summed E-state index contributed by atoms with van der Waals surface area (Å²) in [7, 11) is -4.52. The largest absolute Gasteiger partial charge is 0.416 e. The maximum absolute atomic E-state index is 13.0. The van der Waals surface area contributed by atoms with Crippen molar-refractivity contribution in [2.24, 2.45) is 0 Å². The van der Waals surface area contributed by atoms with Crippen LogP contribution < -0.4 is 4.18 Å². The van der Waals surface area contributed by atoms with Gasteiger partial charge in [-0.1, -0.05) is 45.0 Å². The van der Waals surface area contributed by atoms with Gasteiger partial charge in [0.1, 0.15) is 4.90 Å². The molecule has 0 amide bonds. The minimum absolute atomic E-state index is 0.112. The molecule has 0 aliphatic carbocycles. The molecular formula is C20H19F3N2O3S. The molecule has 1 aromatic heterocycles. The molecule has 0 bridgehead atoms. The number of alkyl halides is 3. The van der Waals surface area contributed by atoms with E-state index in [-0.39, 0.29) is 5.88 Å². The lowest BCUT2D eigenvalue weighted by Crippen LogP contribution is -2.14. The third-order valence-electron chi connectivity index (χ3n) is 4.09. The summed E-state index contributed by atoms with van der Waals surface area (Å²) in [6, 6.07) is 13.6. The van der Waals surface area contributed by atoms with Gasteiger partial charge in [0.05, 0.1) is 16.9 Å². The zero-order valence-corrected chi connectivity index (χ0v) is 16.8. The van der Waals surface area contributed by atoms with Crippen molar-refractivity contribution in [3.63, 3.8) is 0 Å². The van der Waals surface area contributed by atoms with Gasteiger partial charge in [-0.05, 0) is 30.3 Å². The van der Waals surface area contributed by atoms with Crippen molar-refractivity contribution in [2.45, 2.75) is 37.3 Å². The van der Waals surface area contributed by atoms with E-state index in [0.29, 0.717) is 17.4 Å². The van der Waals surface area contributed by atoms with Crippen LogP contribution in [0.4, 0.5) is 13.2 Å². The summed E-state index contributed by atoms with van der Waals surface area (Å²) in [6.45, 7) is 5.70. The first-order chi connectivity index (χ1) is 13.4. The first-order valence-electron chi connectivity index (χ1n) is 8.66. The fourth-order valence-corrected chi connectivity index (χ4v) is 3.49. The highest BCUT2D eigenvalue weighted by Crippen LogP contribution is 2.32. The van der Waals surface area contributed by atoms with Gasteiger partial charge in [0.2, 0.25) is 5.88 Å². The average molecular weight is 424 g/mol. The van der Waals surface area contributed by atoms with Crippen molar-refractivity contribution in [3.8, 4) is 11.6 Å². The van der Waals surface area contributed by atoms with Crippen molar-refractivity contribution >= 4 is 10.1 Å². The van der Waals surface area contributed by atoms with Crippen LogP contribution >= 0.6 is 0 Å². The van der Waals surface area contributed by atoms with Gasteiger partial charge in [-0.2, -0.15) is 31.4 Å². The van der Waals surface area contributed by atoms with Crippen molar-refractivity contribution in [2.75, 3.05) is 0 Å². The Labute approximate surface area is 166 Å². The second kappa shape index (κ2) is 7.22. The highest BCUT2D eigenvalue weighted by atomic mass is 32.2. The predicted octanol–water partition coefficient (Wildman–Crippen LogP) is 4.96. The average Bonchev–Trinajstić information content (AvgIpc) is 3.05. The molecule has 154 valence electrons. The van der Waals surface area contributed by atoms with E-state index in [1.165, 1.54) is 10.7 Å². The second-order valence-corrected chi connectivity index (χ2v) is 8.97. The normalized spacial score (nSPS) is 12.8. The van der Waals surface area contributed by atoms with Crippen LogP contribution in [0.1, 0.15) is 32.0 Å². The van der Waals surface area contributed by atoms with E-state index in [1.54, 1.807) is 30.3 Å². The number of nitrogens with zero attached hydrogens (tertiary/aromatic N) is 2. The molecule has 0 unspecified atom stereocenters. The number of hydrogen-bond acceptors (Lipinski definition) is 4. The summed E-state index contributed by atoms with van der Waals surface area (Å²) in [5.74, 6) is -0.112. The van der Waals surface area contributed by atoms with Crippen LogP contribution in [0.25, 0.3) is 5.69 Å². The van der Waals surface area contributed by atoms with Gasteiger partial charge >= 0.3 is 16.3 Å². The molecule has 0 radical (unpaired) electrons. The quantitative estimate of drug-likeness (QED) is 0.556. The number of para-hydroxylation sites is 1. The fourth-order valence-electron chi connectivity index (χ4n) is 2.53. The Bertz CT molecular complexity index is 1120. The van der Waals surface area contributed by atoms with Crippen LogP contribution in [-0.2, 0) is 21.7 Å². The van der Waals surface area contributed by atoms with E-state index < -0.39 is 32.2 Å². The molecular weight excluding hydrogens is 405 g/mol. The van der Waals surface area contributed by atoms with Gasteiger partial charge in [0.25, 0.3) is 0 Å². The Kier molecular flexibility index (Phi) is 5.20. The minimum atomic E-state index is -4.67. The Hall–Kier alpha value is -2.81. The minimum Gasteiger partial charge on any atom is -0.358 e. The van der Waals surface area contributed by atoms with Crippen LogP contribution in [0, 0.1) is 0 Å². The summed E-state index contributed by atoms with van der Waals surface area (Å²) in [5.41, 5.74) is -0.361. The molecule has 3 aromatic rings. The maximum atomic E-state index is 13.0. The second-order valence-electron chi connectivity index (χ2n) is 7.43. The van der Waals surface area contributed by atoms with Crippen LogP contribution in [0.3, 0.4) is 0 Å². The molecule has 9 heteroatoms. The van der Waals surface area contributed by atoms with Gasteiger partial charge in [-0.15, -0.1) is 0 Å². The summed E-state index contributed by atoms with van der Waals surface area (Å²) >= 11 is 0. The van der Waals surface area contributed by atoms with E-state index in [0.717, 1.165) is 18.2 Å². The van der Waals surface area contributed by atoms with Crippen molar-refractivity contribution in [1.29, 1.82) is 0 Å². The standard InChI is InChI=1S/C20H19F3N2O3S/c1-19(2,3)17-13-18(25(24-17)15-9-5-4-6-10-15)28-29(26,27)16-11-7-8-14(12-16)20(21,22)23/h4-13H,1-3H3. The van der Waals surface area contributed by atoms with Crippen LogP contribution in [0.2, 0.25) is 0 Å². The molecule has 2 aromatic carbocycles. The van der Waals surface area contributed by atoms with Gasteiger partial charge in [0, 0.05) is 11.5 Å². The molecule has 0 aliphatic heterocycles. The third-order valence-corrected chi connectivity index (χ3v) is 5.31. The van der Waals surface area contributed by atoms with Gasteiger partial charge in [-0.3, -0.25) is 0 Å². The third kappa shape index (κ3) is 4.61.